The van der Waals surface area contributed by atoms with Crippen LogP contribution in [0.2, 0.25) is 0 Å². The predicted octanol–water partition coefficient (Wildman–Crippen LogP) is 4.02. The van der Waals surface area contributed by atoms with Crippen LogP contribution in [0.1, 0.15) is 22.4 Å². The number of pyridine rings is 2. The number of aryl methyl sites for hydroxylation is 3. The van der Waals surface area contributed by atoms with Crippen LogP contribution in [0.3, 0.4) is 0 Å². The second kappa shape index (κ2) is 3.77. The van der Waals surface area contributed by atoms with Crippen molar-refractivity contribution in [1.82, 2.24) is 9.97 Å². The Labute approximate surface area is 107 Å². The van der Waals surface area contributed by atoms with Gasteiger partial charge in [-0.25, -0.2) is 0 Å². The Morgan fingerprint density at radius 3 is 2.50 bits per heavy atom. The average molecular weight is 236 g/mol. The van der Waals surface area contributed by atoms with E-state index in [1.807, 2.05) is 12.3 Å². The van der Waals surface area contributed by atoms with Crippen LogP contribution < -0.4 is 0 Å². The second-order valence-corrected chi connectivity index (χ2v) is 4.94. The van der Waals surface area contributed by atoms with Gasteiger partial charge in [0.2, 0.25) is 0 Å². The zero-order chi connectivity index (χ0) is 12.9. The molecule has 0 bridgehead atoms. The normalized spacial score (nSPS) is 11.3. The molecule has 90 valence electrons. The molecule has 0 aliphatic carbocycles. The summed E-state index contributed by atoms with van der Waals surface area (Å²) in [6.45, 7) is 8.53. The zero-order valence-electron chi connectivity index (χ0n) is 11.2. The van der Waals surface area contributed by atoms with Gasteiger partial charge in [0.25, 0.3) is 0 Å². The highest BCUT2D eigenvalue weighted by Gasteiger charge is 2.11. The first-order chi connectivity index (χ1) is 8.59. The van der Waals surface area contributed by atoms with Gasteiger partial charge in [-0.3, -0.25) is 9.97 Å². The Morgan fingerprint density at radius 1 is 0.944 bits per heavy atom. The first-order valence-electron chi connectivity index (χ1n) is 6.21. The number of fused-ring (bicyclic) bond motifs is 3. The molecule has 2 nitrogen and oxygen atoms in total. The van der Waals surface area contributed by atoms with Crippen molar-refractivity contribution in [3.05, 3.63) is 46.8 Å². The summed E-state index contributed by atoms with van der Waals surface area (Å²) in [6.07, 6.45) is 1.84. The summed E-state index contributed by atoms with van der Waals surface area (Å²) in [4.78, 5) is 9.26. The fraction of sp³-hybridized carbons (Fsp3) is 0.250. The predicted molar refractivity (Wildman–Crippen MR) is 76.0 cm³/mol. The van der Waals surface area contributed by atoms with Crippen molar-refractivity contribution in [3.63, 3.8) is 0 Å². The van der Waals surface area contributed by atoms with Gasteiger partial charge < -0.3 is 0 Å². The standard InChI is InChI=1S/C16H16N2/c1-9-8-13-6-5-7-17-15(13)16-14(9)11(3)10(2)12(4)18-16/h5-8H,1-4H3. The van der Waals surface area contributed by atoms with Crippen molar-refractivity contribution in [1.29, 1.82) is 0 Å². The quantitative estimate of drug-likeness (QED) is 0.551. The number of aromatic nitrogens is 2. The average Bonchev–Trinajstić information content (AvgIpc) is 2.35. The van der Waals surface area contributed by atoms with Crippen LogP contribution in [-0.4, -0.2) is 9.97 Å². The summed E-state index contributed by atoms with van der Waals surface area (Å²) in [5.74, 6) is 0. The molecule has 0 saturated carbocycles. The van der Waals surface area contributed by atoms with Gasteiger partial charge in [-0.2, -0.15) is 0 Å². The third kappa shape index (κ3) is 1.42. The molecule has 0 fully saturated rings. The molecule has 18 heavy (non-hydrogen) atoms. The summed E-state index contributed by atoms with van der Waals surface area (Å²) in [5.41, 5.74) is 7.01. The van der Waals surface area contributed by atoms with Gasteiger partial charge in [0.05, 0.1) is 11.0 Å². The minimum Gasteiger partial charge on any atom is -0.254 e. The maximum atomic E-state index is 4.76. The van der Waals surface area contributed by atoms with Crippen LogP contribution in [0.15, 0.2) is 24.4 Å². The lowest BCUT2D eigenvalue weighted by molar-refractivity contribution is 1.16. The summed E-state index contributed by atoms with van der Waals surface area (Å²) < 4.78 is 0. The van der Waals surface area contributed by atoms with Crippen molar-refractivity contribution in [2.45, 2.75) is 27.7 Å². The number of nitrogens with zero attached hydrogens (tertiary/aromatic N) is 2. The summed E-state index contributed by atoms with van der Waals surface area (Å²) in [7, 11) is 0. The lowest BCUT2D eigenvalue weighted by Gasteiger charge is -2.12. The first kappa shape index (κ1) is 11.1. The van der Waals surface area contributed by atoms with Crippen LogP contribution >= 0.6 is 0 Å². The molecule has 0 aliphatic rings. The summed E-state index contributed by atoms with van der Waals surface area (Å²) >= 11 is 0. The lowest BCUT2D eigenvalue weighted by atomic mass is 9.97. The highest BCUT2D eigenvalue weighted by Crippen LogP contribution is 2.30. The number of benzene rings is 1. The topological polar surface area (TPSA) is 25.8 Å². The number of hydrogen-bond acceptors (Lipinski definition) is 2. The minimum atomic E-state index is 1.00. The van der Waals surface area contributed by atoms with E-state index < -0.39 is 0 Å². The molecule has 0 radical (unpaired) electrons. The van der Waals surface area contributed by atoms with Gasteiger partial charge in [-0.1, -0.05) is 6.07 Å². The van der Waals surface area contributed by atoms with Crippen LogP contribution in [0.25, 0.3) is 21.8 Å². The van der Waals surface area contributed by atoms with Crippen LogP contribution in [0.4, 0.5) is 0 Å². The third-order valence-corrected chi connectivity index (χ3v) is 3.83. The molecule has 1 aromatic carbocycles. The fourth-order valence-electron chi connectivity index (χ4n) is 2.64. The van der Waals surface area contributed by atoms with E-state index in [9.17, 15) is 0 Å². The second-order valence-electron chi connectivity index (χ2n) is 4.94. The molecule has 3 aromatic rings. The Hall–Kier alpha value is -1.96. The summed E-state index contributed by atoms with van der Waals surface area (Å²) in [6, 6.07) is 6.27. The molecule has 0 aliphatic heterocycles. The van der Waals surface area contributed by atoms with Gasteiger partial charge in [0.1, 0.15) is 0 Å². The zero-order valence-corrected chi connectivity index (χ0v) is 11.2. The molecule has 2 heterocycles. The molecule has 0 N–H and O–H groups in total. The maximum Gasteiger partial charge on any atom is 0.0973 e. The van der Waals surface area contributed by atoms with Crippen LogP contribution in [-0.2, 0) is 0 Å². The molecule has 0 atom stereocenters. The molecular formula is C16H16N2. The Balaban J connectivity index is 2.65. The number of hydrogen-bond donors (Lipinski definition) is 0. The first-order valence-corrected chi connectivity index (χ1v) is 6.21. The Morgan fingerprint density at radius 2 is 1.72 bits per heavy atom. The van der Waals surface area contributed by atoms with E-state index in [2.05, 4.69) is 44.8 Å². The lowest BCUT2D eigenvalue weighted by Crippen LogP contribution is -1.97. The number of rotatable bonds is 0. The highest BCUT2D eigenvalue weighted by molar-refractivity contribution is 6.05. The monoisotopic (exact) mass is 236 g/mol. The molecule has 2 aromatic heterocycles. The van der Waals surface area contributed by atoms with E-state index in [1.165, 1.54) is 22.1 Å². The summed E-state index contributed by atoms with van der Waals surface area (Å²) in [5, 5.41) is 2.42. The van der Waals surface area contributed by atoms with Crippen molar-refractivity contribution >= 4 is 21.8 Å². The fourth-order valence-corrected chi connectivity index (χ4v) is 2.64. The Kier molecular flexibility index (Phi) is 2.34. The van der Waals surface area contributed by atoms with E-state index in [4.69, 9.17) is 4.98 Å². The van der Waals surface area contributed by atoms with E-state index in [0.29, 0.717) is 0 Å². The molecule has 2 heteroatoms. The van der Waals surface area contributed by atoms with Crippen molar-refractivity contribution in [2.24, 2.45) is 0 Å². The van der Waals surface area contributed by atoms with E-state index >= 15 is 0 Å². The van der Waals surface area contributed by atoms with Gasteiger partial charge in [-0.05, 0) is 56.5 Å². The van der Waals surface area contributed by atoms with E-state index in [1.54, 1.807) is 0 Å². The van der Waals surface area contributed by atoms with Gasteiger partial charge in [-0.15, -0.1) is 0 Å². The molecule has 0 saturated heterocycles. The molecule has 0 unspecified atom stereocenters. The molecular weight excluding hydrogens is 220 g/mol. The Bertz CT molecular complexity index is 773. The van der Waals surface area contributed by atoms with E-state index in [-0.39, 0.29) is 0 Å². The smallest absolute Gasteiger partial charge is 0.0973 e. The van der Waals surface area contributed by atoms with Crippen molar-refractivity contribution < 1.29 is 0 Å². The highest BCUT2D eigenvalue weighted by atomic mass is 14.8. The van der Waals surface area contributed by atoms with Crippen LogP contribution in [0.5, 0.6) is 0 Å². The molecule has 0 amide bonds. The minimum absolute atomic E-state index is 1.00. The largest absolute Gasteiger partial charge is 0.254 e. The van der Waals surface area contributed by atoms with Gasteiger partial charge in [0.15, 0.2) is 0 Å². The van der Waals surface area contributed by atoms with Crippen LogP contribution in [0, 0.1) is 27.7 Å². The van der Waals surface area contributed by atoms with Crippen molar-refractivity contribution in [2.75, 3.05) is 0 Å². The molecule has 3 rings (SSSR count). The SMILES string of the molecule is Cc1nc2c(c(C)cc3cccnc32)c(C)c1C. The van der Waals surface area contributed by atoms with E-state index in [0.717, 1.165) is 22.1 Å². The molecule has 0 spiro atoms. The van der Waals surface area contributed by atoms with Crippen molar-refractivity contribution in [3.8, 4) is 0 Å². The maximum absolute atomic E-state index is 4.76. The third-order valence-electron chi connectivity index (χ3n) is 3.83. The van der Waals surface area contributed by atoms with Gasteiger partial charge >= 0.3 is 0 Å². The van der Waals surface area contributed by atoms with Gasteiger partial charge in [0, 0.05) is 22.7 Å².